The van der Waals surface area contributed by atoms with Gasteiger partial charge in [-0.2, -0.15) is 14.4 Å². The third-order valence-corrected chi connectivity index (χ3v) is 6.56. The first-order chi connectivity index (χ1) is 19.4. The van der Waals surface area contributed by atoms with Gasteiger partial charge in [-0.05, 0) is 48.5 Å². The molecule has 0 aliphatic carbocycles. The molecule has 8 rings (SSSR count). The van der Waals surface area contributed by atoms with Gasteiger partial charge in [0.05, 0.1) is 11.1 Å². The van der Waals surface area contributed by atoms with Crippen molar-refractivity contribution in [3.8, 4) is 22.9 Å². The predicted octanol–water partition coefficient (Wildman–Crippen LogP) is 0.354. The summed E-state index contributed by atoms with van der Waals surface area (Å²) in [6.45, 7) is 0. The summed E-state index contributed by atoms with van der Waals surface area (Å²) < 4.78 is 28.1. The van der Waals surface area contributed by atoms with E-state index in [-0.39, 0.29) is 61.8 Å². The second kappa shape index (κ2) is 12.0. The van der Waals surface area contributed by atoms with Crippen LogP contribution < -0.4 is 56.1 Å². The molecule has 0 N–H and O–H groups in total. The van der Waals surface area contributed by atoms with Crippen molar-refractivity contribution in [3.05, 3.63) is 84.4 Å². The number of aryl methyl sites for hydroxylation is 2. The standard InChI is InChI=1S/C14H9ClN4O.C14H9FN4O.FH.K/c2*1-19-5-4-8-6-9(7-16-12(8)19)13-17-10-2-3-11(15)18-14(10)20-13;;/h2*2-7H,1H3;1H;/q;;;+1/p-1/i;15-1;1-1;. The van der Waals surface area contributed by atoms with Crippen molar-refractivity contribution in [2.24, 2.45) is 14.1 Å². The van der Waals surface area contributed by atoms with Crippen molar-refractivity contribution in [2.75, 3.05) is 0 Å². The molecule has 0 saturated heterocycles. The number of rotatable bonds is 2. The van der Waals surface area contributed by atoms with Crippen molar-refractivity contribution < 1.29 is 69.3 Å². The Morgan fingerprint density at radius 1 is 0.690 bits per heavy atom. The Hall–Kier alpha value is -3.59. The van der Waals surface area contributed by atoms with Crippen molar-refractivity contribution in [3.63, 3.8) is 0 Å². The maximum Gasteiger partial charge on any atom is 1.00 e. The van der Waals surface area contributed by atoms with Crippen LogP contribution in [-0.2, 0) is 14.1 Å². The quantitative estimate of drug-likeness (QED) is 0.204. The van der Waals surface area contributed by atoms with E-state index in [4.69, 9.17) is 20.4 Å². The van der Waals surface area contributed by atoms with E-state index >= 15 is 0 Å². The van der Waals surface area contributed by atoms with E-state index in [1.54, 1.807) is 30.6 Å². The van der Waals surface area contributed by atoms with Crippen LogP contribution in [0.2, 0.25) is 5.15 Å². The summed E-state index contributed by atoms with van der Waals surface area (Å²) in [5.41, 5.74) is 5.18. The summed E-state index contributed by atoms with van der Waals surface area (Å²) in [6, 6.07) is 14.2. The van der Waals surface area contributed by atoms with E-state index in [9.17, 15) is 4.39 Å². The molecule has 8 aromatic heterocycles. The summed E-state index contributed by atoms with van der Waals surface area (Å²) in [6.07, 6.45) is 7.33. The third-order valence-electron chi connectivity index (χ3n) is 6.35. The largest absolute Gasteiger partial charge is 1.00 e. The van der Waals surface area contributed by atoms with E-state index in [0.717, 1.165) is 33.2 Å². The first kappa shape index (κ1) is 29.9. The first-order valence-electron chi connectivity index (χ1n) is 12.1. The van der Waals surface area contributed by atoms with Gasteiger partial charge in [-0.15, -0.1) is 0 Å². The Morgan fingerprint density at radius 2 is 1.19 bits per heavy atom. The molecule has 0 fully saturated rings. The van der Waals surface area contributed by atoms with Gasteiger partial charge in [0.2, 0.25) is 29.2 Å². The molecule has 14 heteroatoms. The zero-order chi connectivity index (χ0) is 27.4. The average molecular weight is 609 g/mol. The molecule has 0 saturated carbocycles. The van der Waals surface area contributed by atoms with E-state index in [2.05, 4.69) is 29.9 Å². The van der Waals surface area contributed by atoms with E-state index in [1.807, 2.05) is 59.9 Å². The monoisotopic (exact) mass is 608 g/mol. The SMILES string of the molecule is Cn1ccc2cc(-c3nc4ccc(Cl)nc4o3)cnc21.Cn1ccc2cc(-c3nc4ccc([18F])nc4o3)cnc21.[18F-].[K+]. The minimum absolute atomic E-state index is 0. The molecule has 0 aliphatic heterocycles. The third kappa shape index (κ3) is 5.58. The summed E-state index contributed by atoms with van der Waals surface area (Å²) in [4.78, 5) is 25.3. The summed E-state index contributed by atoms with van der Waals surface area (Å²) >= 11 is 5.84. The molecule has 0 unspecified atom stereocenters. The van der Waals surface area contributed by atoms with E-state index in [0.29, 0.717) is 33.7 Å². The number of hydrogen-bond acceptors (Lipinski definition) is 8. The van der Waals surface area contributed by atoms with Crippen LogP contribution in [0.1, 0.15) is 0 Å². The molecule has 0 radical (unpaired) electrons. The molecule has 0 aromatic carbocycles. The number of pyridine rings is 4. The molecule has 0 aliphatic rings. The molecule has 0 spiro atoms. The normalized spacial score (nSPS) is 11.0. The van der Waals surface area contributed by atoms with E-state index < -0.39 is 5.95 Å². The van der Waals surface area contributed by atoms with Crippen molar-refractivity contribution in [1.29, 1.82) is 0 Å². The molecule has 0 amide bonds. The Morgan fingerprint density at radius 3 is 1.74 bits per heavy atom. The molecule has 204 valence electrons. The fourth-order valence-corrected chi connectivity index (χ4v) is 4.52. The second-order valence-corrected chi connectivity index (χ2v) is 9.47. The summed E-state index contributed by atoms with van der Waals surface area (Å²) in [5, 5.41) is 2.42. The van der Waals surface area contributed by atoms with Crippen LogP contribution in [0.25, 0.3) is 67.4 Å². The van der Waals surface area contributed by atoms with Gasteiger partial charge in [0.15, 0.2) is 0 Å². The van der Waals surface area contributed by atoms with Gasteiger partial charge in [-0.25, -0.2) is 19.9 Å². The number of hydrogen-bond donors (Lipinski definition) is 0. The van der Waals surface area contributed by atoms with Crippen molar-refractivity contribution >= 4 is 56.1 Å². The smallest absolute Gasteiger partial charge is 1.00 e. The van der Waals surface area contributed by atoms with Gasteiger partial charge >= 0.3 is 51.4 Å². The Balaban J connectivity index is 0.000000160. The van der Waals surface area contributed by atoms with Crippen LogP contribution in [0.15, 0.2) is 82.2 Å². The molecule has 8 heterocycles. The van der Waals surface area contributed by atoms with Crippen LogP contribution in [0.3, 0.4) is 0 Å². The van der Waals surface area contributed by atoms with Gasteiger partial charge in [-0.1, -0.05) is 11.6 Å². The van der Waals surface area contributed by atoms with Crippen LogP contribution in [0.4, 0.5) is 4.39 Å². The molecule has 0 bridgehead atoms. The molecule has 8 aromatic rings. The van der Waals surface area contributed by atoms with Gasteiger partial charge in [0.25, 0.3) is 0 Å². The zero-order valence-electron chi connectivity index (χ0n) is 22.5. The van der Waals surface area contributed by atoms with Crippen LogP contribution in [0, 0.1) is 5.95 Å². The van der Waals surface area contributed by atoms with Crippen LogP contribution in [0.5, 0.6) is 0 Å². The van der Waals surface area contributed by atoms with E-state index in [1.165, 1.54) is 6.07 Å². The van der Waals surface area contributed by atoms with Gasteiger partial charge in [0.1, 0.15) is 27.5 Å². The topological polar surface area (TPSA) is 113 Å². The second-order valence-electron chi connectivity index (χ2n) is 9.08. The van der Waals surface area contributed by atoms with Crippen molar-refractivity contribution in [1.82, 2.24) is 39.0 Å². The number of oxazole rings is 2. The fraction of sp³-hybridized carbons (Fsp3) is 0.0714. The average Bonchev–Trinajstić information content (AvgIpc) is 3.74. The first-order valence-corrected chi connectivity index (χ1v) is 12.5. The zero-order valence-corrected chi connectivity index (χ0v) is 26.3. The van der Waals surface area contributed by atoms with Crippen molar-refractivity contribution in [2.45, 2.75) is 0 Å². The number of aromatic nitrogens is 8. The van der Waals surface area contributed by atoms with Gasteiger partial charge < -0.3 is 22.7 Å². The Labute approximate surface area is 283 Å². The molecular formula is C28H18ClF2KN8O2. The number of nitrogens with zero attached hydrogens (tertiary/aromatic N) is 8. The molecule has 0 atom stereocenters. The maximum atomic E-state index is 13.0. The maximum absolute atomic E-state index is 13.0. The van der Waals surface area contributed by atoms with Crippen LogP contribution >= 0.6 is 11.6 Å². The Kier molecular flexibility index (Phi) is 8.50. The minimum Gasteiger partial charge on any atom is -1.00 e. The number of halogens is 3. The Bertz CT molecular complexity index is 2050. The van der Waals surface area contributed by atoms with Gasteiger partial charge in [0, 0.05) is 49.7 Å². The molecule has 10 nitrogen and oxygen atoms in total. The predicted molar refractivity (Wildman–Crippen MR) is 148 cm³/mol. The molecule has 42 heavy (non-hydrogen) atoms. The number of fused-ring (bicyclic) bond motifs is 4. The summed E-state index contributed by atoms with van der Waals surface area (Å²) in [5.74, 6) is 0.293. The fourth-order valence-electron chi connectivity index (χ4n) is 4.38. The molecular weight excluding hydrogens is 591 g/mol. The summed E-state index contributed by atoms with van der Waals surface area (Å²) in [7, 11) is 3.89. The van der Waals surface area contributed by atoms with Gasteiger partial charge in [-0.3, -0.25) is 0 Å². The van der Waals surface area contributed by atoms with Crippen LogP contribution in [-0.4, -0.2) is 39.0 Å². The minimum atomic E-state index is -0.586.